The highest BCUT2D eigenvalue weighted by Crippen LogP contribution is 2.08. The zero-order valence-corrected chi connectivity index (χ0v) is 10.1. The number of hydrogen-bond acceptors (Lipinski definition) is 3. The maximum atomic E-state index is 11.9. The molecule has 0 aromatic rings. The van der Waals surface area contributed by atoms with Gasteiger partial charge in [-0.15, -0.1) is 0 Å². The van der Waals surface area contributed by atoms with Gasteiger partial charge in [-0.05, 0) is 26.8 Å². The van der Waals surface area contributed by atoms with E-state index in [2.05, 4.69) is 11.8 Å². The normalized spacial score (nSPS) is 19.3. The summed E-state index contributed by atoms with van der Waals surface area (Å²) in [6, 6.07) is 0. The van der Waals surface area contributed by atoms with Crippen molar-refractivity contribution in [3.8, 4) is 0 Å². The second-order valence-electron chi connectivity index (χ2n) is 4.86. The fourth-order valence-corrected chi connectivity index (χ4v) is 1.90. The molecular weight excluding hydrogens is 190 g/mol. The van der Waals surface area contributed by atoms with E-state index in [4.69, 9.17) is 5.73 Å². The van der Waals surface area contributed by atoms with E-state index in [9.17, 15) is 4.79 Å². The Hall–Kier alpha value is -0.610. The number of nitrogens with two attached hydrogens (primary N) is 1. The molecule has 0 radical (unpaired) electrons. The molecule has 0 aromatic carbocycles. The van der Waals surface area contributed by atoms with E-state index in [1.165, 1.54) is 6.42 Å². The van der Waals surface area contributed by atoms with Crippen LogP contribution in [0.5, 0.6) is 0 Å². The van der Waals surface area contributed by atoms with Gasteiger partial charge in [-0.3, -0.25) is 9.69 Å². The molecule has 1 amide bonds. The van der Waals surface area contributed by atoms with Gasteiger partial charge in [-0.2, -0.15) is 0 Å². The number of carbonyl (C=O) groups excluding carboxylic acids is 1. The molecule has 0 atom stereocenters. The maximum Gasteiger partial charge on any atom is 0.242 e. The van der Waals surface area contributed by atoms with Crippen molar-refractivity contribution >= 4 is 5.91 Å². The molecule has 1 aliphatic heterocycles. The van der Waals surface area contributed by atoms with Gasteiger partial charge in [-0.1, -0.05) is 6.92 Å². The molecule has 1 rings (SSSR count). The highest BCUT2D eigenvalue weighted by Gasteiger charge is 2.29. The smallest absolute Gasteiger partial charge is 0.242 e. The van der Waals surface area contributed by atoms with Gasteiger partial charge in [0.2, 0.25) is 5.91 Å². The first-order valence-electron chi connectivity index (χ1n) is 5.75. The average molecular weight is 213 g/mol. The zero-order valence-electron chi connectivity index (χ0n) is 10.1. The van der Waals surface area contributed by atoms with Crippen LogP contribution < -0.4 is 5.73 Å². The van der Waals surface area contributed by atoms with Gasteiger partial charge in [0.25, 0.3) is 0 Å². The van der Waals surface area contributed by atoms with E-state index in [-0.39, 0.29) is 5.91 Å². The van der Waals surface area contributed by atoms with Crippen LogP contribution in [0.3, 0.4) is 0 Å². The number of amides is 1. The lowest BCUT2D eigenvalue weighted by molar-refractivity contribution is -0.137. The first-order chi connectivity index (χ1) is 6.95. The van der Waals surface area contributed by atoms with E-state index in [0.717, 1.165) is 32.7 Å². The van der Waals surface area contributed by atoms with Gasteiger partial charge in [0, 0.05) is 26.2 Å². The van der Waals surface area contributed by atoms with Crippen LogP contribution in [0.4, 0.5) is 0 Å². The summed E-state index contributed by atoms with van der Waals surface area (Å²) in [5.74, 6) is 0.0682. The summed E-state index contributed by atoms with van der Waals surface area (Å²) in [5.41, 5.74) is 5.07. The van der Waals surface area contributed by atoms with Crippen molar-refractivity contribution < 1.29 is 4.79 Å². The summed E-state index contributed by atoms with van der Waals surface area (Å²) in [5, 5.41) is 0. The SMILES string of the molecule is CCCN1CCN(C(=O)C(C)(C)N)CC1. The van der Waals surface area contributed by atoms with Crippen molar-refractivity contribution in [2.75, 3.05) is 32.7 Å². The second-order valence-corrected chi connectivity index (χ2v) is 4.86. The third-order valence-corrected chi connectivity index (χ3v) is 2.75. The number of nitrogens with zero attached hydrogens (tertiary/aromatic N) is 2. The van der Waals surface area contributed by atoms with E-state index < -0.39 is 5.54 Å². The van der Waals surface area contributed by atoms with Crippen molar-refractivity contribution in [3.05, 3.63) is 0 Å². The lowest BCUT2D eigenvalue weighted by atomic mass is 10.0. The fourth-order valence-electron chi connectivity index (χ4n) is 1.90. The maximum absolute atomic E-state index is 11.9. The molecule has 4 nitrogen and oxygen atoms in total. The van der Waals surface area contributed by atoms with Crippen molar-refractivity contribution in [1.82, 2.24) is 9.80 Å². The molecule has 4 heteroatoms. The molecule has 1 fully saturated rings. The predicted molar refractivity (Wildman–Crippen MR) is 61.6 cm³/mol. The molecule has 1 saturated heterocycles. The standard InChI is InChI=1S/C11H23N3O/c1-4-5-13-6-8-14(9-7-13)10(15)11(2,3)12/h4-9,12H2,1-3H3. The first-order valence-corrected chi connectivity index (χ1v) is 5.75. The van der Waals surface area contributed by atoms with Crippen LogP contribution in [-0.4, -0.2) is 54.0 Å². The minimum atomic E-state index is -0.729. The molecule has 0 bridgehead atoms. The quantitative estimate of drug-likeness (QED) is 0.732. The Morgan fingerprint density at radius 1 is 1.27 bits per heavy atom. The van der Waals surface area contributed by atoms with Gasteiger partial charge in [0.15, 0.2) is 0 Å². The Balaban J connectivity index is 2.41. The summed E-state index contributed by atoms with van der Waals surface area (Å²) in [4.78, 5) is 16.1. The van der Waals surface area contributed by atoms with Crippen LogP contribution in [0.1, 0.15) is 27.2 Å². The van der Waals surface area contributed by atoms with E-state index in [0.29, 0.717) is 0 Å². The summed E-state index contributed by atoms with van der Waals surface area (Å²) >= 11 is 0. The fraction of sp³-hybridized carbons (Fsp3) is 0.909. The molecule has 0 unspecified atom stereocenters. The van der Waals surface area contributed by atoms with Gasteiger partial charge in [0.05, 0.1) is 5.54 Å². The third kappa shape index (κ3) is 3.47. The van der Waals surface area contributed by atoms with Crippen molar-refractivity contribution in [3.63, 3.8) is 0 Å². The number of hydrogen-bond donors (Lipinski definition) is 1. The monoisotopic (exact) mass is 213 g/mol. The Morgan fingerprint density at radius 3 is 2.20 bits per heavy atom. The van der Waals surface area contributed by atoms with Gasteiger partial charge >= 0.3 is 0 Å². The Morgan fingerprint density at radius 2 is 1.80 bits per heavy atom. The highest BCUT2D eigenvalue weighted by molar-refractivity contribution is 5.85. The Labute approximate surface area is 92.4 Å². The highest BCUT2D eigenvalue weighted by atomic mass is 16.2. The molecular formula is C11H23N3O. The van der Waals surface area contributed by atoms with Crippen LogP contribution >= 0.6 is 0 Å². The van der Waals surface area contributed by atoms with Crippen LogP contribution in [0.15, 0.2) is 0 Å². The van der Waals surface area contributed by atoms with Crippen LogP contribution in [0.2, 0.25) is 0 Å². The third-order valence-electron chi connectivity index (χ3n) is 2.75. The topological polar surface area (TPSA) is 49.6 Å². The Bertz CT molecular complexity index is 214. The Kier molecular flexibility index (Phi) is 4.11. The van der Waals surface area contributed by atoms with E-state index >= 15 is 0 Å². The summed E-state index contributed by atoms with van der Waals surface area (Å²) in [6.45, 7) is 10.5. The number of rotatable bonds is 3. The van der Waals surface area contributed by atoms with E-state index in [1.54, 1.807) is 13.8 Å². The lowest BCUT2D eigenvalue weighted by Crippen LogP contribution is -2.57. The largest absolute Gasteiger partial charge is 0.339 e. The van der Waals surface area contributed by atoms with Crippen molar-refractivity contribution in [2.24, 2.45) is 5.73 Å². The molecule has 1 heterocycles. The van der Waals surface area contributed by atoms with Crippen molar-refractivity contribution in [2.45, 2.75) is 32.7 Å². The van der Waals surface area contributed by atoms with Crippen LogP contribution in [0, 0.1) is 0 Å². The number of piperazine rings is 1. The predicted octanol–water partition coefficient (Wildman–Crippen LogP) is 0.278. The molecule has 0 spiro atoms. The summed E-state index contributed by atoms with van der Waals surface area (Å²) in [7, 11) is 0. The van der Waals surface area contributed by atoms with E-state index in [1.807, 2.05) is 4.90 Å². The minimum Gasteiger partial charge on any atom is -0.339 e. The zero-order chi connectivity index (χ0) is 11.5. The lowest BCUT2D eigenvalue weighted by Gasteiger charge is -2.37. The second kappa shape index (κ2) is 4.94. The van der Waals surface area contributed by atoms with Gasteiger partial charge in [-0.25, -0.2) is 0 Å². The molecule has 0 aromatic heterocycles. The molecule has 88 valence electrons. The summed E-state index contributed by atoms with van der Waals surface area (Å²) < 4.78 is 0. The molecule has 0 saturated carbocycles. The van der Waals surface area contributed by atoms with Crippen LogP contribution in [0.25, 0.3) is 0 Å². The molecule has 2 N–H and O–H groups in total. The molecule has 0 aliphatic carbocycles. The average Bonchev–Trinajstić information content (AvgIpc) is 2.17. The van der Waals surface area contributed by atoms with Gasteiger partial charge < -0.3 is 10.6 Å². The van der Waals surface area contributed by atoms with Crippen LogP contribution in [-0.2, 0) is 4.79 Å². The summed E-state index contributed by atoms with van der Waals surface area (Å²) in [6.07, 6.45) is 1.18. The number of carbonyl (C=O) groups is 1. The van der Waals surface area contributed by atoms with Gasteiger partial charge in [0.1, 0.15) is 0 Å². The molecule has 15 heavy (non-hydrogen) atoms. The molecule has 1 aliphatic rings. The minimum absolute atomic E-state index is 0.0682. The van der Waals surface area contributed by atoms with Crippen molar-refractivity contribution in [1.29, 1.82) is 0 Å². The first kappa shape index (κ1) is 12.5.